The van der Waals surface area contributed by atoms with Crippen LogP contribution in [0, 0.1) is 6.92 Å². The summed E-state index contributed by atoms with van der Waals surface area (Å²) in [4.78, 5) is 0. The first kappa shape index (κ1) is 10.3. The van der Waals surface area contributed by atoms with E-state index in [1.165, 1.54) is 5.56 Å². The number of hydrogen-bond acceptors (Lipinski definition) is 4. The molecule has 15 heavy (non-hydrogen) atoms. The Morgan fingerprint density at radius 1 is 1.27 bits per heavy atom. The van der Waals surface area contributed by atoms with Crippen molar-refractivity contribution >= 4 is 11.3 Å². The van der Waals surface area contributed by atoms with Crippen molar-refractivity contribution in [2.24, 2.45) is 5.73 Å². The highest BCUT2D eigenvalue weighted by Crippen LogP contribution is 2.27. The normalized spacial score (nSPS) is 12.7. The number of nitrogens with two attached hydrogens (primary N) is 1. The second-order valence-electron chi connectivity index (χ2n) is 3.55. The number of aromatic nitrogens is 2. The number of aryl methyl sites for hydroxylation is 1. The highest BCUT2D eigenvalue weighted by atomic mass is 32.1. The van der Waals surface area contributed by atoms with Crippen molar-refractivity contribution in [1.82, 2.24) is 10.2 Å². The predicted octanol–water partition coefficient (Wildman–Crippen LogP) is 2.53. The minimum Gasteiger partial charge on any atom is -0.322 e. The minimum atomic E-state index is -0.0414. The Morgan fingerprint density at radius 2 is 2.00 bits per heavy atom. The Bertz CT molecular complexity index is 462. The molecule has 0 spiro atoms. The highest BCUT2D eigenvalue weighted by molar-refractivity contribution is 7.14. The fourth-order valence-corrected chi connectivity index (χ4v) is 2.23. The van der Waals surface area contributed by atoms with Crippen molar-refractivity contribution in [2.75, 3.05) is 0 Å². The van der Waals surface area contributed by atoms with E-state index in [2.05, 4.69) is 29.3 Å². The van der Waals surface area contributed by atoms with Crippen LogP contribution in [0.15, 0.2) is 24.3 Å². The molecule has 0 saturated carbocycles. The smallest absolute Gasteiger partial charge is 0.148 e. The molecule has 2 aromatic rings. The van der Waals surface area contributed by atoms with Crippen LogP contribution in [-0.2, 0) is 0 Å². The van der Waals surface area contributed by atoms with E-state index in [4.69, 9.17) is 5.73 Å². The molecule has 0 aliphatic carbocycles. The molecule has 1 heterocycles. The van der Waals surface area contributed by atoms with Gasteiger partial charge in [0.25, 0.3) is 0 Å². The molecular weight excluding hydrogens is 206 g/mol. The van der Waals surface area contributed by atoms with Crippen molar-refractivity contribution < 1.29 is 0 Å². The maximum Gasteiger partial charge on any atom is 0.148 e. The summed E-state index contributed by atoms with van der Waals surface area (Å²) in [5.74, 6) is 0. The third kappa shape index (κ3) is 2.06. The molecule has 3 nitrogen and oxygen atoms in total. The van der Waals surface area contributed by atoms with Crippen molar-refractivity contribution in [3.8, 4) is 10.6 Å². The van der Waals surface area contributed by atoms with Gasteiger partial charge in [-0.25, -0.2) is 0 Å². The molecule has 78 valence electrons. The van der Waals surface area contributed by atoms with Gasteiger partial charge in [0.1, 0.15) is 10.0 Å². The van der Waals surface area contributed by atoms with Gasteiger partial charge in [-0.3, -0.25) is 0 Å². The minimum absolute atomic E-state index is 0.0414. The molecule has 0 saturated heterocycles. The van der Waals surface area contributed by atoms with Gasteiger partial charge >= 0.3 is 0 Å². The molecule has 1 unspecified atom stereocenters. The van der Waals surface area contributed by atoms with Gasteiger partial charge in [-0.05, 0) is 19.4 Å². The second kappa shape index (κ2) is 4.08. The average Bonchev–Trinajstić information content (AvgIpc) is 2.67. The van der Waals surface area contributed by atoms with E-state index in [0.717, 1.165) is 15.6 Å². The van der Waals surface area contributed by atoms with Crippen LogP contribution in [0.2, 0.25) is 0 Å². The van der Waals surface area contributed by atoms with E-state index >= 15 is 0 Å². The third-order valence-electron chi connectivity index (χ3n) is 2.21. The van der Waals surface area contributed by atoms with Crippen molar-refractivity contribution in [2.45, 2.75) is 19.9 Å². The van der Waals surface area contributed by atoms with Gasteiger partial charge in [0.2, 0.25) is 0 Å². The van der Waals surface area contributed by atoms with E-state index in [-0.39, 0.29) is 6.04 Å². The van der Waals surface area contributed by atoms with Crippen molar-refractivity contribution in [3.05, 3.63) is 34.8 Å². The van der Waals surface area contributed by atoms with Crippen molar-refractivity contribution in [3.63, 3.8) is 0 Å². The van der Waals surface area contributed by atoms with E-state index in [9.17, 15) is 0 Å². The van der Waals surface area contributed by atoms with E-state index in [1.54, 1.807) is 11.3 Å². The molecule has 2 N–H and O–H groups in total. The molecule has 0 amide bonds. The zero-order valence-corrected chi connectivity index (χ0v) is 9.58. The Labute approximate surface area is 93.0 Å². The van der Waals surface area contributed by atoms with Crippen LogP contribution in [0.4, 0.5) is 0 Å². The van der Waals surface area contributed by atoms with Crippen LogP contribution < -0.4 is 5.73 Å². The molecule has 0 aliphatic rings. The quantitative estimate of drug-likeness (QED) is 0.844. The van der Waals surface area contributed by atoms with Crippen LogP contribution in [-0.4, -0.2) is 10.2 Å². The van der Waals surface area contributed by atoms with Gasteiger partial charge in [-0.2, -0.15) is 0 Å². The van der Waals surface area contributed by atoms with Gasteiger partial charge < -0.3 is 5.73 Å². The number of hydrogen-bond donors (Lipinski definition) is 1. The number of nitrogens with zero attached hydrogens (tertiary/aromatic N) is 2. The van der Waals surface area contributed by atoms with E-state index in [0.29, 0.717) is 0 Å². The number of rotatable bonds is 2. The lowest BCUT2D eigenvalue weighted by Crippen LogP contribution is -2.03. The predicted molar refractivity (Wildman–Crippen MR) is 62.7 cm³/mol. The third-order valence-corrected chi connectivity index (χ3v) is 3.36. The topological polar surface area (TPSA) is 51.8 Å². The number of benzene rings is 1. The van der Waals surface area contributed by atoms with Crippen LogP contribution in [0.1, 0.15) is 23.5 Å². The van der Waals surface area contributed by atoms with Crippen LogP contribution >= 0.6 is 11.3 Å². The Morgan fingerprint density at radius 3 is 2.60 bits per heavy atom. The Balaban J connectivity index is 2.42. The van der Waals surface area contributed by atoms with Crippen LogP contribution in [0.3, 0.4) is 0 Å². The highest BCUT2D eigenvalue weighted by Gasteiger charge is 2.10. The first-order valence-corrected chi connectivity index (χ1v) is 5.65. The van der Waals surface area contributed by atoms with E-state index in [1.807, 2.05) is 19.1 Å². The summed E-state index contributed by atoms with van der Waals surface area (Å²) in [5.41, 5.74) is 8.10. The first-order valence-electron chi connectivity index (χ1n) is 4.83. The van der Waals surface area contributed by atoms with Gasteiger partial charge in [0.05, 0.1) is 6.04 Å². The summed E-state index contributed by atoms with van der Waals surface area (Å²) < 4.78 is 0. The summed E-state index contributed by atoms with van der Waals surface area (Å²) in [6, 6.07) is 8.12. The first-order chi connectivity index (χ1) is 7.18. The average molecular weight is 219 g/mol. The maximum absolute atomic E-state index is 5.75. The zero-order valence-electron chi connectivity index (χ0n) is 8.77. The second-order valence-corrected chi connectivity index (χ2v) is 4.56. The summed E-state index contributed by atoms with van der Waals surface area (Å²) in [6.45, 7) is 3.99. The van der Waals surface area contributed by atoms with Gasteiger partial charge in [-0.1, -0.05) is 35.6 Å². The van der Waals surface area contributed by atoms with Gasteiger partial charge in [0.15, 0.2) is 0 Å². The summed E-state index contributed by atoms with van der Waals surface area (Å²) in [7, 11) is 0. The lowest BCUT2D eigenvalue weighted by atomic mass is 10.1. The molecule has 0 bridgehead atoms. The molecule has 1 aromatic carbocycles. The molecule has 1 atom stereocenters. The van der Waals surface area contributed by atoms with Crippen LogP contribution in [0.25, 0.3) is 10.6 Å². The fourth-order valence-electron chi connectivity index (χ4n) is 1.34. The molecule has 0 aliphatic heterocycles. The van der Waals surface area contributed by atoms with Gasteiger partial charge in [0, 0.05) is 5.56 Å². The summed E-state index contributed by atoms with van der Waals surface area (Å²) >= 11 is 1.56. The standard InChI is InChI=1S/C11H13N3S/c1-7-5-3-4-6-9(7)11-14-13-10(15-11)8(2)12/h3-6,8H,12H2,1-2H3. The SMILES string of the molecule is Cc1ccccc1-c1nnc(C(C)N)s1. The molecule has 0 radical (unpaired) electrons. The summed E-state index contributed by atoms with van der Waals surface area (Å²) in [5, 5.41) is 10.1. The maximum atomic E-state index is 5.75. The largest absolute Gasteiger partial charge is 0.322 e. The fraction of sp³-hybridized carbons (Fsp3) is 0.273. The lowest BCUT2D eigenvalue weighted by molar-refractivity contribution is 0.786. The molecule has 0 fully saturated rings. The molecule has 4 heteroatoms. The Kier molecular flexibility index (Phi) is 2.79. The summed E-state index contributed by atoms with van der Waals surface area (Å²) in [6.07, 6.45) is 0. The molecule has 1 aromatic heterocycles. The zero-order chi connectivity index (χ0) is 10.8. The van der Waals surface area contributed by atoms with Gasteiger partial charge in [-0.15, -0.1) is 10.2 Å². The molecular formula is C11H13N3S. The van der Waals surface area contributed by atoms with E-state index < -0.39 is 0 Å². The van der Waals surface area contributed by atoms with Crippen molar-refractivity contribution in [1.29, 1.82) is 0 Å². The Hall–Kier alpha value is -1.26. The molecule has 2 rings (SSSR count). The monoisotopic (exact) mass is 219 g/mol. The van der Waals surface area contributed by atoms with Crippen LogP contribution in [0.5, 0.6) is 0 Å². The lowest BCUT2D eigenvalue weighted by Gasteiger charge is -1.99.